The number of nitrogens with zero attached hydrogens (tertiary/aromatic N) is 1. The average Bonchev–Trinajstić information content (AvgIpc) is 2.79. The topological polar surface area (TPSA) is 173 Å². The Labute approximate surface area is 185 Å². The van der Waals surface area contributed by atoms with Crippen molar-refractivity contribution in [2.24, 2.45) is 0 Å². The molecule has 0 saturated heterocycles. The van der Waals surface area contributed by atoms with Crippen LogP contribution in [0.1, 0.15) is 41.4 Å². The number of carbonyl (C=O) groups excluding carboxylic acids is 2. The third-order valence-corrected chi connectivity index (χ3v) is 4.40. The van der Waals surface area contributed by atoms with Crippen molar-refractivity contribution in [1.82, 2.24) is 0 Å². The van der Waals surface area contributed by atoms with Crippen molar-refractivity contribution in [2.45, 2.75) is 0 Å². The predicted octanol–water partition coefficient (Wildman–Crippen LogP) is 3.46. The highest BCUT2D eigenvalue weighted by Crippen LogP contribution is 2.27. The number of hydrogen-bond donors (Lipinski definition) is 3. The number of benzene rings is 3. The molecule has 0 aliphatic carbocycles. The van der Waals surface area contributed by atoms with Crippen LogP contribution >= 0.6 is 0 Å². The molecule has 0 aliphatic heterocycles. The molecule has 0 saturated carbocycles. The van der Waals surface area contributed by atoms with E-state index in [0.717, 1.165) is 18.2 Å². The van der Waals surface area contributed by atoms with Gasteiger partial charge in [0.15, 0.2) is 5.75 Å². The molecule has 3 aromatic carbocycles. The first-order chi connectivity index (χ1) is 15.7. The highest BCUT2D eigenvalue weighted by Gasteiger charge is 2.23. The molecule has 11 heteroatoms. The van der Waals surface area contributed by atoms with Crippen molar-refractivity contribution in [3.63, 3.8) is 0 Å². The number of non-ortho nitro benzene ring substituents is 1. The Balaban J connectivity index is 1.92. The van der Waals surface area contributed by atoms with Gasteiger partial charge in [-0.2, -0.15) is 0 Å². The molecule has 0 heterocycles. The second-order valence-electron chi connectivity index (χ2n) is 6.48. The lowest BCUT2D eigenvalue weighted by Crippen LogP contribution is -2.19. The average molecular weight is 450 g/mol. The third kappa shape index (κ3) is 4.99. The van der Waals surface area contributed by atoms with Gasteiger partial charge in [0.05, 0.1) is 32.9 Å². The van der Waals surface area contributed by atoms with Crippen LogP contribution in [0.5, 0.6) is 5.75 Å². The van der Waals surface area contributed by atoms with Gasteiger partial charge in [-0.1, -0.05) is 24.3 Å². The van der Waals surface area contributed by atoms with Crippen LogP contribution in [0.2, 0.25) is 0 Å². The number of carboxylic acid groups (broad SMARTS) is 2. The van der Waals surface area contributed by atoms with E-state index in [9.17, 15) is 39.5 Å². The molecule has 11 nitrogen and oxygen atoms in total. The highest BCUT2D eigenvalue weighted by atomic mass is 16.6. The van der Waals surface area contributed by atoms with Crippen LogP contribution in [0.15, 0.2) is 66.7 Å². The minimum absolute atomic E-state index is 0.0495. The van der Waals surface area contributed by atoms with Gasteiger partial charge >= 0.3 is 17.9 Å². The highest BCUT2D eigenvalue weighted by molar-refractivity contribution is 6.12. The Kier molecular flexibility index (Phi) is 6.44. The number of ether oxygens (including phenoxy) is 1. The van der Waals surface area contributed by atoms with Crippen molar-refractivity contribution in [3.8, 4) is 5.75 Å². The maximum atomic E-state index is 12.8. The lowest BCUT2D eigenvalue weighted by Gasteiger charge is -2.13. The van der Waals surface area contributed by atoms with Gasteiger partial charge in [-0.05, 0) is 30.3 Å². The molecule has 0 radical (unpaired) electrons. The third-order valence-electron chi connectivity index (χ3n) is 4.40. The number of esters is 1. The Morgan fingerprint density at radius 2 is 1.36 bits per heavy atom. The van der Waals surface area contributed by atoms with E-state index >= 15 is 0 Å². The van der Waals surface area contributed by atoms with Crippen LogP contribution in [0, 0.1) is 10.1 Å². The van der Waals surface area contributed by atoms with E-state index in [1.54, 1.807) is 0 Å². The summed E-state index contributed by atoms with van der Waals surface area (Å²) in [5.74, 6) is -4.96. The fourth-order valence-electron chi connectivity index (χ4n) is 2.87. The summed E-state index contributed by atoms with van der Waals surface area (Å²) in [4.78, 5) is 58.4. The molecule has 0 aromatic heterocycles. The molecule has 166 valence electrons. The van der Waals surface area contributed by atoms with Gasteiger partial charge in [-0.3, -0.25) is 14.9 Å². The summed E-state index contributed by atoms with van der Waals surface area (Å²) in [7, 11) is 0. The van der Waals surface area contributed by atoms with Gasteiger partial charge in [-0.15, -0.1) is 0 Å². The predicted molar refractivity (Wildman–Crippen MR) is 113 cm³/mol. The molecule has 0 unspecified atom stereocenters. The zero-order valence-corrected chi connectivity index (χ0v) is 16.6. The fourth-order valence-corrected chi connectivity index (χ4v) is 2.87. The minimum atomic E-state index is -1.47. The summed E-state index contributed by atoms with van der Waals surface area (Å²) in [6.45, 7) is 0. The zero-order chi connectivity index (χ0) is 24.1. The van der Waals surface area contributed by atoms with Crippen LogP contribution in [0.25, 0.3) is 0 Å². The SMILES string of the molecule is O=C(O)c1ccc([N+](=O)[O-])cc1C(=O)Nc1ccccc1OC(=O)c1ccccc1C(=O)O. The van der Waals surface area contributed by atoms with Gasteiger partial charge < -0.3 is 20.3 Å². The zero-order valence-electron chi connectivity index (χ0n) is 16.6. The smallest absolute Gasteiger partial charge is 0.344 e. The summed E-state index contributed by atoms with van der Waals surface area (Å²) >= 11 is 0. The normalized spacial score (nSPS) is 10.2. The van der Waals surface area contributed by atoms with E-state index < -0.39 is 45.6 Å². The van der Waals surface area contributed by atoms with Crippen LogP contribution in [0.3, 0.4) is 0 Å². The molecule has 0 fully saturated rings. The maximum absolute atomic E-state index is 12.8. The summed E-state index contributed by atoms with van der Waals surface area (Å²) < 4.78 is 5.26. The molecule has 0 spiro atoms. The molecular formula is C22H14N2O9. The van der Waals surface area contributed by atoms with Crippen LogP contribution in [-0.4, -0.2) is 39.0 Å². The summed E-state index contributed by atoms with van der Waals surface area (Å²) in [6.07, 6.45) is 0. The number of nitrogens with one attached hydrogen (secondary N) is 1. The van der Waals surface area contributed by atoms with Crippen LogP contribution < -0.4 is 10.1 Å². The number of amides is 1. The van der Waals surface area contributed by atoms with E-state index in [0.29, 0.717) is 0 Å². The van der Waals surface area contributed by atoms with Crippen molar-refractivity contribution >= 4 is 35.2 Å². The Bertz CT molecular complexity index is 1300. The number of carboxylic acids is 2. The first-order valence-corrected chi connectivity index (χ1v) is 9.15. The Morgan fingerprint density at radius 1 is 0.788 bits per heavy atom. The number of aromatic carboxylic acids is 2. The molecule has 0 aliphatic rings. The van der Waals surface area contributed by atoms with Gasteiger partial charge in [0.25, 0.3) is 11.6 Å². The Hall–Kier alpha value is -5.06. The molecule has 1 amide bonds. The van der Waals surface area contributed by atoms with E-state index in [-0.39, 0.29) is 22.6 Å². The van der Waals surface area contributed by atoms with Gasteiger partial charge in [0, 0.05) is 12.1 Å². The molecule has 0 atom stereocenters. The molecule has 33 heavy (non-hydrogen) atoms. The lowest BCUT2D eigenvalue weighted by atomic mass is 10.1. The van der Waals surface area contributed by atoms with Crippen molar-refractivity contribution in [3.05, 3.63) is 99.1 Å². The van der Waals surface area contributed by atoms with E-state index in [2.05, 4.69) is 5.32 Å². The molecule has 3 N–H and O–H groups in total. The number of anilines is 1. The monoisotopic (exact) mass is 450 g/mol. The second kappa shape index (κ2) is 9.39. The minimum Gasteiger partial charge on any atom is -0.478 e. The quantitative estimate of drug-likeness (QED) is 0.211. The number of hydrogen-bond acceptors (Lipinski definition) is 7. The summed E-state index contributed by atoms with van der Waals surface area (Å²) in [5.41, 5.74) is -2.00. The first-order valence-electron chi connectivity index (χ1n) is 9.15. The van der Waals surface area contributed by atoms with Gasteiger partial charge in [-0.25, -0.2) is 14.4 Å². The van der Waals surface area contributed by atoms with Gasteiger partial charge in [0.1, 0.15) is 0 Å². The van der Waals surface area contributed by atoms with E-state index in [1.807, 2.05) is 0 Å². The van der Waals surface area contributed by atoms with Crippen molar-refractivity contribution in [1.29, 1.82) is 0 Å². The molecule has 0 bridgehead atoms. The number of rotatable bonds is 7. The number of para-hydroxylation sites is 2. The van der Waals surface area contributed by atoms with E-state index in [4.69, 9.17) is 4.74 Å². The number of nitro benzene ring substituents is 1. The second-order valence-corrected chi connectivity index (χ2v) is 6.48. The van der Waals surface area contributed by atoms with Crippen molar-refractivity contribution < 1.29 is 39.1 Å². The standard InChI is InChI=1S/C22H14N2O9/c25-19(16-11-12(24(31)32)9-10-14(16)21(28)29)23-17-7-3-4-8-18(17)33-22(30)15-6-2-1-5-13(15)20(26)27/h1-11H,(H,23,25)(H,26,27)(H,28,29). The largest absolute Gasteiger partial charge is 0.478 e. The molecule has 3 aromatic rings. The summed E-state index contributed by atoms with van der Waals surface area (Å²) in [6, 6.07) is 13.7. The van der Waals surface area contributed by atoms with Crippen molar-refractivity contribution in [2.75, 3.05) is 5.32 Å². The van der Waals surface area contributed by atoms with E-state index in [1.165, 1.54) is 48.5 Å². The van der Waals surface area contributed by atoms with Crippen LogP contribution in [0.4, 0.5) is 11.4 Å². The Morgan fingerprint density at radius 3 is 2.00 bits per heavy atom. The van der Waals surface area contributed by atoms with Gasteiger partial charge in [0.2, 0.25) is 0 Å². The molecular weight excluding hydrogens is 436 g/mol. The maximum Gasteiger partial charge on any atom is 0.344 e. The number of carbonyl (C=O) groups is 4. The van der Waals surface area contributed by atoms with Crippen LogP contribution in [-0.2, 0) is 0 Å². The first kappa shape index (κ1) is 22.6. The molecule has 3 rings (SSSR count). The summed E-state index contributed by atoms with van der Waals surface area (Å²) in [5, 5.41) is 32.0. The number of nitro groups is 1. The fraction of sp³-hybridized carbons (Fsp3) is 0. The lowest BCUT2D eigenvalue weighted by molar-refractivity contribution is -0.384.